The molecule has 0 N–H and O–H groups in total. The molecule has 1 aromatic carbocycles. The van der Waals surface area contributed by atoms with Gasteiger partial charge < -0.3 is 14.5 Å². The molecule has 1 aliphatic rings. The molecule has 2 rings (SSSR count). The summed E-state index contributed by atoms with van der Waals surface area (Å²) in [6.45, 7) is 12.9. The number of hydrogen-bond donors (Lipinski definition) is 0. The maximum absolute atomic E-state index is 5.95. The summed E-state index contributed by atoms with van der Waals surface area (Å²) in [4.78, 5) is 4.88. The molecule has 1 aromatic rings. The Kier molecular flexibility index (Phi) is 6.37. The van der Waals surface area contributed by atoms with Crippen LogP contribution < -0.4 is 9.64 Å². The summed E-state index contributed by atoms with van der Waals surface area (Å²) in [6, 6.07) is 6.63. The van der Waals surface area contributed by atoms with Crippen molar-refractivity contribution in [3.8, 4) is 5.75 Å². The second-order valence-corrected chi connectivity index (χ2v) is 5.87. The lowest BCUT2D eigenvalue weighted by atomic mass is 10.1. The molecule has 1 saturated heterocycles. The van der Waals surface area contributed by atoms with Crippen LogP contribution in [-0.2, 0) is 0 Å². The Balaban J connectivity index is 1.89. The number of likely N-dealkylation sites (N-methyl/N-ethyl adjacent to an activating group) is 1. The SMILES string of the molecule is CCN(CC)CCOc1ccc(N2CCCCC2)cc1C. The molecule has 0 spiro atoms. The van der Waals surface area contributed by atoms with Crippen LogP contribution in [0.4, 0.5) is 5.69 Å². The fraction of sp³-hybridized carbons (Fsp3) is 0.667. The molecule has 0 bridgehead atoms. The van der Waals surface area contributed by atoms with Gasteiger partial charge in [0.2, 0.25) is 0 Å². The Hall–Kier alpha value is -1.22. The first-order chi connectivity index (χ1) is 10.2. The van der Waals surface area contributed by atoms with Gasteiger partial charge in [-0.1, -0.05) is 13.8 Å². The molecular weight excluding hydrogens is 260 g/mol. The fourth-order valence-electron chi connectivity index (χ4n) is 2.97. The minimum absolute atomic E-state index is 0.769. The number of piperidine rings is 1. The molecule has 0 aliphatic carbocycles. The number of hydrogen-bond acceptors (Lipinski definition) is 3. The van der Waals surface area contributed by atoms with E-state index in [0.717, 1.165) is 32.0 Å². The Morgan fingerprint density at radius 3 is 2.43 bits per heavy atom. The van der Waals surface area contributed by atoms with Crippen LogP contribution in [0, 0.1) is 6.92 Å². The highest BCUT2D eigenvalue weighted by Crippen LogP contribution is 2.26. The van der Waals surface area contributed by atoms with Crippen LogP contribution in [-0.4, -0.2) is 44.2 Å². The predicted octanol–water partition coefficient (Wildman–Crippen LogP) is 3.71. The molecule has 118 valence electrons. The topological polar surface area (TPSA) is 15.7 Å². The van der Waals surface area contributed by atoms with E-state index in [1.165, 1.54) is 43.6 Å². The monoisotopic (exact) mass is 290 g/mol. The third-order valence-corrected chi connectivity index (χ3v) is 4.44. The molecule has 3 nitrogen and oxygen atoms in total. The summed E-state index contributed by atoms with van der Waals surface area (Å²) in [6.07, 6.45) is 4.02. The van der Waals surface area contributed by atoms with E-state index in [4.69, 9.17) is 4.74 Å². The van der Waals surface area contributed by atoms with E-state index in [2.05, 4.69) is 48.8 Å². The Morgan fingerprint density at radius 2 is 1.81 bits per heavy atom. The number of ether oxygens (including phenoxy) is 1. The number of benzene rings is 1. The normalized spacial score (nSPS) is 15.5. The van der Waals surface area contributed by atoms with Gasteiger partial charge >= 0.3 is 0 Å². The summed E-state index contributed by atoms with van der Waals surface area (Å²) in [5.74, 6) is 1.03. The van der Waals surface area contributed by atoms with Crippen molar-refractivity contribution in [2.75, 3.05) is 44.2 Å². The number of aryl methyl sites for hydroxylation is 1. The summed E-state index contributed by atoms with van der Waals surface area (Å²) in [7, 11) is 0. The maximum Gasteiger partial charge on any atom is 0.122 e. The average Bonchev–Trinajstić information content (AvgIpc) is 2.53. The number of rotatable bonds is 7. The minimum atomic E-state index is 0.769. The fourth-order valence-corrected chi connectivity index (χ4v) is 2.97. The van der Waals surface area contributed by atoms with E-state index >= 15 is 0 Å². The molecular formula is C18H30N2O. The largest absolute Gasteiger partial charge is 0.492 e. The lowest BCUT2D eigenvalue weighted by Crippen LogP contribution is -2.29. The van der Waals surface area contributed by atoms with Gasteiger partial charge in [-0.3, -0.25) is 0 Å². The van der Waals surface area contributed by atoms with Crippen LogP contribution in [0.3, 0.4) is 0 Å². The summed E-state index contributed by atoms with van der Waals surface area (Å²) in [5, 5.41) is 0. The maximum atomic E-state index is 5.95. The van der Waals surface area contributed by atoms with E-state index in [1.807, 2.05) is 0 Å². The van der Waals surface area contributed by atoms with Gasteiger partial charge in [-0.05, 0) is 63.0 Å². The molecule has 0 saturated carbocycles. The van der Waals surface area contributed by atoms with Crippen molar-refractivity contribution in [1.29, 1.82) is 0 Å². The van der Waals surface area contributed by atoms with Crippen molar-refractivity contribution >= 4 is 5.69 Å². The van der Waals surface area contributed by atoms with Gasteiger partial charge in [0.25, 0.3) is 0 Å². The van der Waals surface area contributed by atoms with Crippen molar-refractivity contribution in [3.63, 3.8) is 0 Å². The molecule has 1 aliphatic heterocycles. The molecule has 1 fully saturated rings. The molecule has 3 heteroatoms. The highest BCUT2D eigenvalue weighted by Gasteiger charge is 2.12. The van der Waals surface area contributed by atoms with Gasteiger partial charge in [0.1, 0.15) is 12.4 Å². The second-order valence-electron chi connectivity index (χ2n) is 5.87. The molecule has 1 heterocycles. The van der Waals surface area contributed by atoms with Crippen LogP contribution >= 0.6 is 0 Å². The molecule has 0 atom stereocenters. The number of anilines is 1. The van der Waals surface area contributed by atoms with E-state index < -0.39 is 0 Å². The Morgan fingerprint density at radius 1 is 1.10 bits per heavy atom. The van der Waals surface area contributed by atoms with Crippen molar-refractivity contribution in [2.24, 2.45) is 0 Å². The zero-order chi connectivity index (χ0) is 15.1. The van der Waals surface area contributed by atoms with Crippen LogP contribution in [0.1, 0.15) is 38.7 Å². The van der Waals surface area contributed by atoms with Gasteiger partial charge in [-0.2, -0.15) is 0 Å². The average molecular weight is 290 g/mol. The summed E-state index contributed by atoms with van der Waals surface area (Å²) < 4.78 is 5.95. The lowest BCUT2D eigenvalue weighted by Gasteiger charge is -2.29. The first-order valence-electron chi connectivity index (χ1n) is 8.45. The van der Waals surface area contributed by atoms with E-state index in [0.29, 0.717) is 0 Å². The van der Waals surface area contributed by atoms with Crippen molar-refractivity contribution < 1.29 is 4.74 Å². The van der Waals surface area contributed by atoms with Gasteiger partial charge in [0.15, 0.2) is 0 Å². The highest BCUT2D eigenvalue weighted by atomic mass is 16.5. The van der Waals surface area contributed by atoms with Gasteiger partial charge in [-0.25, -0.2) is 0 Å². The van der Waals surface area contributed by atoms with E-state index in [1.54, 1.807) is 0 Å². The van der Waals surface area contributed by atoms with Crippen molar-refractivity contribution in [1.82, 2.24) is 4.90 Å². The minimum Gasteiger partial charge on any atom is -0.492 e. The molecule has 21 heavy (non-hydrogen) atoms. The van der Waals surface area contributed by atoms with Crippen LogP contribution in [0.15, 0.2) is 18.2 Å². The first kappa shape index (κ1) is 16.2. The number of nitrogens with zero attached hydrogens (tertiary/aromatic N) is 2. The third-order valence-electron chi connectivity index (χ3n) is 4.44. The molecule has 0 amide bonds. The molecule has 0 aromatic heterocycles. The zero-order valence-electron chi connectivity index (χ0n) is 13.9. The van der Waals surface area contributed by atoms with Gasteiger partial charge in [0.05, 0.1) is 0 Å². The van der Waals surface area contributed by atoms with Gasteiger partial charge in [-0.15, -0.1) is 0 Å². The smallest absolute Gasteiger partial charge is 0.122 e. The van der Waals surface area contributed by atoms with Crippen LogP contribution in [0.2, 0.25) is 0 Å². The quantitative estimate of drug-likeness (QED) is 0.761. The van der Waals surface area contributed by atoms with E-state index in [9.17, 15) is 0 Å². The van der Waals surface area contributed by atoms with Crippen molar-refractivity contribution in [2.45, 2.75) is 40.0 Å². The van der Waals surface area contributed by atoms with Gasteiger partial charge in [0, 0.05) is 25.3 Å². The Bertz CT molecular complexity index is 423. The standard InChI is InChI=1S/C18H30N2O/c1-4-19(5-2)13-14-21-18-10-9-17(15-16(18)3)20-11-7-6-8-12-20/h9-10,15H,4-8,11-14H2,1-3H3. The summed E-state index contributed by atoms with van der Waals surface area (Å²) >= 11 is 0. The molecule has 0 radical (unpaired) electrons. The lowest BCUT2D eigenvalue weighted by molar-refractivity contribution is 0.222. The first-order valence-corrected chi connectivity index (χ1v) is 8.45. The highest BCUT2D eigenvalue weighted by molar-refractivity contribution is 5.53. The van der Waals surface area contributed by atoms with Crippen LogP contribution in [0.25, 0.3) is 0 Å². The molecule has 0 unspecified atom stereocenters. The third kappa shape index (κ3) is 4.63. The van der Waals surface area contributed by atoms with Crippen LogP contribution in [0.5, 0.6) is 5.75 Å². The second kappa shape index (κ2) is 8.28. The van der Waals surface area contributed by atoms with Crippen molar-refractivity contribution in [3.05, 3.63) is 23.8 Å². The summed E-state index contributed by atoms with van der Waals surface area (Å²) in [5.41, 5.74) is 2.60. The van der Waals surface area contributed by atoms with E-state index in [-0.39, 0.29) is 0 Å². The Labute approximate surface area is 129 Å². The zero-order valence-corrected chi connectivity index (χ0v) is 13.9. The predicted molar refractivity (Wildman–Crippen MR) is 90.5 cm³/mol.